The predicted molar refractivity (Wildman–Crippen MR) is 121 cm³/mol. The fourth-order valence-electron chi connectivity index (χ4n) is 3.70. The molecular weight excluding hydrogens is 454 g/mol. The molecule has 3 aromatic rings. The summed E-state index contributed by atoms with van der Waals surface area (Å²) in [5, 5.41) is 15.8. The van der Waals surface area contributed by atoms with E-state index in [0.29, 0.717) is 48.1 Å². The number of thiophene rings is 1. The van der Waals surface area contributed by atoms with Crippen molar-refractivity contribution in [3.8, 4) is 5.69 Å². The minimum Gasteiger partial charge on any atom is -0.335 e. The number of hydrogen-bond donors (Lipinski definition) is 0. The Kier molecular flexibility index (Phi) is 6.24. The van der Waals surface area contributed by atoms with Gasteiger partial charge in [0.2, 0.25) is 0 Å². The van der Waals surface area contributed by atoms with Gasteiger partial charge in [-0.05, 0) is 30.7 Å². The Morgan fingerprint density at radius 3 is 2.41 bits per heavy atom. The molecule has 3 heterocycles. The molecule has 0 spiro atoms. The molecule has 0 radical (unpaired) electrons. The Hall–Kier alpha value is -3.24. The van der Waals surface area contributed by atoms with E-state index >= 15 is 0 Å². The molecule has 9 nitrogen and oxygen atoms in total. The second kappa shape index (κ2) is 9.09. The quantitative estimate of drug-likeness (QED) is 0.415. The van der Waals surface area contributed by atoms with Crippen LogP contribution in [0.2, 0.25) is 5.02 Å². The molecule has 166 valence electrons. The van der Waals surface area contributed by atoms with E-state index in [4.69, 9.17) is 11.6 Å². The normalized spacial score (nSPS) is 13.9. The van der Waals surface area contributed by atoms with Crippen LogP contribution in [-0.4, -0.2) is 62.5 Å². The van der Waals surface area contributed by atoms with Gasteiger partial charge in [-0.2, -0.15) is 5.10 Å². The third-order valence-corrected chi connectivity index (χ3v) is 6.58. The van der Waals surface area contributed by atoms with Gasteiger partial charge >= 0.3 is 5.00 Å². The van der Waals surface area contributed by atoms with E-state index < -0.39 is 4.92 Å². The first kappa shape index (κ1) is 22.0. The molecule has 4 rings (SSSR count). The number of rotatable bonds is 5. The Balaban J connectivity index is 1.45. The van der Waals surface area contributed by atoms with Crippen LogP contribution in [0.3, 0.4) is 0 Å². The molecule has 0 saturated carbocycles. The first-order valence-electron chi connectivity index (χ1n) is 10.0. The molecule has 0 aliphatic carbocycles. The molecule has 2 aromatic heterocycles. The standard InChI is InChI=1S/C21H20ClN5O4S/c1-2-17-16(13-23-26(17)15-5-3-4-14(22)12-15)20(28)24-8-10-25(11-9-24)21(29)18-6-7-19(32-18)27(30)31/h3-7,12-13H,2,8-11H2,1H3. The molecule has 32 heavy (non-hydrogen) atoms. The van der Waals surface area contributed by atoms with Crippen LogP contribution < -0.4 is 0 Å². The highest BCUT2D eigenvalue weighted by Gasteiger charge is 2.29. The van der Waals surface area contributed by atoms with Gasteiger partial charge in [0, 0.05) is 37.3 Å². The van der Waals surface area contributed by atoms with Crippen molar-refractivity contribution < 1.29 is 14.5 Å². The van der Waals surface area contributed by atoms with Gasteiger partial charge in [0.15, 0.2) is 0 Å². The molecule has 1 fully saturated rings. The predicted octanol–water partition coefficient (Wildman–Crippen LogP) is 3.66. The fraction of sp³-hybridized carbons (Fsp3) is 0.286. The highest BCUT2D eigenvalue weighted by Crippen LogP contribution is 2.26. The number of carbonyl (C=O) groups is 2. The average molecular weight is 474 g/mol. The molecule has 1 aliphatic heterocycles. The summed E-state index contributed by atoms with van der Waals surface area (Å²) >= 11 is 6.96. The van der Waals surface area contributed by atoms with Crippen LogP contribution in [-0.2, 0) is 6.42 Å². The molecule has 0 unspecified atom stereocenters. The zero-order valence-corrected chi connectivity index (χ0v) is 18.8. The monoisotopic (exact) mass is 473 g/mol. The van der Waals surface area contributed by atoms with E-state index in [1.807, 2.05) is 19.1 Å². The molecule has 2 amide bonds. The molecule has 0 atom stereocenters. The van der Waals surface area contributed by atoms with E-state index in [9.17, 15) is 19.7 Å². The summed E-state index contributed by atoms with van der Waals surface area (Å²) in [7, 11) is 0. The Bertz CT molecular complexity index is 1180. The van der Waals surface area contributed by atoms with Crippen LogP contribution in [0.5, 0.6) is 0 Å². The average Bonchev–Trinajstić information content (AvgIpc) is 3.46. The highest BCUT2D eigenvalue weighted by atomic mass is 35.5. The summed E-state index contributed by atoms with van der Waals surface area (Å²) in [6, 6.07) is 10.1. The van der Waals surface area contributed by atoms with Crippen molar-refractivity contribution in [2.45, 2.75) is 13.3 Å². The minimum atomic E-state index is -0.507. The summed E-state index contributed by atoms with van der Waals surface area (Å²) in [6.07, 6.45) is 2.19. The number of piperazine rings is 1. The SMILES string of the molecule is CCc1c(C(=O)N2CCN(C(=O)c3ccc([N+](=O)[O-])s3)CC2)cnn1-c1cccc(Cl)c1. The molecule has 0 bridgehead atoms. The number of benzene rings is 1. The van der Waals surface area contributed by atoms with Crippen molar-refractivity contribution in [2.24, 2.45) is 0 Å². The van der Waals surface area contributed by atoms with Crippen LogP contribution in [0, 0.1) is 10.1 Å². The first-order valence-corrected chi connectivity index (χ1v) is 11.2. The summed E-state index contributed by atoms with van der Waals surface area (Å²) in [4.78, 5) is 39.9. The van der Waals surface area contributed by atoms with E-state index in [2.05, 4.69) is 5.10 Å². The van der Waals surface area contributed by atoms with E-state index in [1.165, 1.54) is 12.1 Å². The van der Waals surface area contributed by atoms with Crippen LogP contribution in [0.4, 0.5) is 5.00 Å². The fourth-order valence-corrected chi connectivity index (χ4v) is 4.68. The molecule has 11 heteroatoms. The van der Waals surface area contributed by atoms with Crippen molar-refractivity contribution in [1.82, 2.24) is 19.6 Å². The Labute approximate surface area is 193 Å². The number of carbonyl (C=O) groups excluding carboxylic acids is 2. The number of hydrogen-bond acceptors (Lipinski definition) is 6. The van der Waals surface area contributed by atoms with Crippen molar-refractivity contribution >= 4 is 39.8 Å². The maximum Gasteiger partial charge on any atom is 0.324 e. The number of halogens is 1. The third-order valence-electron chi connectivity index (χ3n) is 5.32. The van der Waals surface area contributed by atoms with Gasteiger partial charge in [-0.25, -0.2) is 4.68 Å². The molecule has 1 aliphatic rings. The zero-order valence-electron chi connectivity index (χ0n) is 17.2. The first-order chi connectivity index (χ1) is 15.4. The Morgan fingerprint density at radius 2 is 1.81 bits per heavy atom. The van der Waals surface area contributed by atoms with Crippen LogP contribution in [0.25, 0.3) is 5.69 Å². The molecule has 0 N–H and O–H groups in total. The molecule has 1 saturated heterocycles. The third kappa shape index (κ3) is 4.23. The van der Waals surface area contributed by atoms with Gasteiger partial charge in [0.05, 0.1) is 32.9 Å². The van der Waals surface area contributed by atoms with Crippen LogP contribution >= 0.6 is 22.9 Å². The van der Waals surface area contributed by atoms with Gasteiger partial charge < -0.3 is 9.80 Å². The molecular formula is C21H20ClN5O4S. The van der Waals surface area contributed by atoms with E-state index in [-0.39, 0.29) is 16.8 Å². The van der Waals surface area contributed by atoms with Crippen molar-refractivity contribution in [1.29, 1.82) is 0 Å². The second-order valence-corrected chi connectivity index (χ2v) is 8.73. The van der Waals surface area contributed by atoms with Gasteiger partial charge in [0.25, 0.3) is 11.8 Å². The summed E-state index contributed by atoms with van der Waals surface area (Å²) in [5.74, 6) is -0.382. The lowest BCUT2D eigenvalue weighted by molar-refractivity contribution is -0.380. The number of nitro groups is 1. The summed E-state index contributed by atoms with van der Waals surface area (Å²) in [6.45, 7) is 3.44. The Morgan fingerprint density at radius 1 is 1.12 bits per heavy atom. The van der Waals surface area contributed by atoms with Gasteiger partial charge in [-0.1, -0.05) is 35.9 Å². The summed E-state index contributed by atoms with van der Waals surface area (Å²) in [5.41, 5.74) is 2.11. The second-order valence-electron chi connectivity index (χ2n) is 7.23. The van der Waals surface area contributed by atoms with Gasteiger partial charge in [-0.15, -0.1) is 0 Å². The van der Waals surface area contributed by atoms with Gasteiger partial charge in [-0.3, -0.25) is 19.7 Å². The number of aromatic nitrogens is 2. The largest absolute Gasteiger partial charge is 0.335 e. The smallest absolute Gasteiger partial charge is 0.324 e. The lowest BCUT2D eigenvalue weighted by Gasteiger charge is -2.34. The van der Waals surface area contributed by atoms with E-state index in [0.717, 1.165) is 22.7 Å². The highest BCUT2D eigenvalue weighted by molar-refractivity contribution is 7.17. The summed E-state index contributed by atoms with van der Waals surface area (Å²) < 4.78 is 1.72. The maximum atomic E-state index is 13.2. The lowest BCUT2D eigenvalue weighted by atomic mass is 10.1. The van der Waals surface area contributed by atoms with Crippen molar-refractivity contribution in [2.75, 3.05) is 26.2 Å². The van der Waals surface area contributed by atoms with Crippen molar-refractivity contribution in [3.05, 3.63) is 73.9 Å². The van der Waals surface area contributed by atoms with E-state index in [1.54, 1.807) is 32.8 Å². The molecule has 1 aromatic carbocycles. The van der Waals surface area contributed by atoms with Gasteiger partial charge in [0.1, 0.15) is 0 Å². The number of amides is 2. The lowest BCUT2D eigenvalue weighted by Crippen LogP contribution is -2.50. The minimum absolute atomic E-state index is 0.0639. The van der Waals surface area contributed by atoms with Crippen molar-refractivity contribution in [3.63, 3.8) is 0 Å². The van der Waals surface area contributed by atoms with Crippen LogP contribution in [0.1, 0.15) is 32.6 Å². The number of nitrogens with zero attached hydrogens (tertiary/aromatic N) is 5. The van der Waals surface area contributed by atoms with Crippen LogP contribution in [0.15, 0.2) is 42.6 Å². The maximum absolute atomic E-state index is 13.2. The zero-order chi connectivity index (χ0) is 22.8. The topological polar surface area (TPSA) is 102 Å².